The van der Waals surface area contributed by atoms with Crippen LogP contribution in [0.3, 0.4) is 0 Å². The van der Waals surface area contributed by atoms with Gasteiger partial charge >= 0.3 is 0 Å². The fraction of sp³-hybridized carbons (Fsp3) is 0.583. The third-order valence-electron chi connectivity index (χ3n) is 3.01. The van der Waals surface area contributed by atoms with E-state index in [1.165, 1.54) is 17.7 Å². The number of hydrogen-bond donors (Lipinski definition) is 0. The van der Waals surface area contributed by atoms with Gasteiger partial charge in [0.15, 0.2) is 0 Å². The van der Waals surface area contributed by atoms with Crippen LogP contribution in [-0.2, 0) is 19.4 Å². The summed E-state index contributed by atoms with van der Waals surface area (Å²) in [5.74, 6) is 0.509. The number of aromatic nitrogens is 1. The summed E-state index contributed by atoms with van der Waals surface area (Å²) in [4.78, 5) is 11.8. The number of pyridine rings is 1. The van der Waals surface area contributed by atoms with Crippen LogP contribution in [0.4, 0.5) is 0 Å². The van der Waals surface area contributed by atoms with E-state index in [-0.39, 0.29) is 5.56 Å². The molecule has 0 aromatic carbocycles. The summed E-state index contributed by atoms with van der Waals surface area (Å²) in [5, 5.41) is 0.948. The van der Waals surface area contributed by atoms with Crippen molar-refractivity contribution in [2.24, 2.45) is 5.92 Å². The molecule has 1 unspecified atom stereocenters. The first-order valence-electron chi connectivity index (χ1n) is 5.50. The highest BCUT2D eigenvalue weighted by molar-refractivity contribution is 9.09. The molecule has 0 aliphatic heterocycles. The van der Waals surface area contributed by atoms with Crippen molar-refractivity contribution in [2.45, 2.75) is 32.7 Å². The number of hydrogen-bond acceptors (Lipinski definition) is 1. The van der Waals surface area contributed by atoms with E-state index < -0.39 is 0 Å². The molecule has 0 fully saturated rings. The van der Waals surface area contributed by atoms with Crippen molar-refractivity contribution in [3.63, 3.8) is 0 Å². The zero-order chi connectivity index (χ0) is 10.8. The highest BCUT2D eigenvalue weighted by Crippen LogP contribution is 2.20. The monoisotopic (exact) mass is 269 g/mol. The molecule has 0 saturated carbocycles. The van der Waals surface area contributed by atoms with Crippen molar-refractivity contribution >= 4 is 15.9 Å². The largest absolute Gasteiger partial charge is 0.312 e. The molecule has 1 aromatic rings. The van der Waals surface area contributed by atoms with Crippen molar-refractivity contribution in [3.8, 4) is 0 Å². The molecule has 15 heavy (non-hydrogen) atoms. The van der Waals surface area contributed by atoms with Gasteiger partial charge in [0.25, 0.3) is 5.56 Å². The smallest absolute Gasteiger partial charge is 0.250 e. The lowest BCUT2D eigenvalue weighted by Crippen LogP contribution is -2.26. The first kappa shape index (κ1) is 10.9. The van der Waals surface area contributed by atoms with Crippen LogP contribution in [0.2, 0.25) is 0 Å². The molecule has 1 aromatic heterocycles. The quantitative estimate of drug-likeness (QED) is 0.773. The Morgan fingerprint density at radius 1 is 1.47 bits per heavy atom. The summed E-state index contributed by atoms with van der Waals surface area (Å²) in [6.45, 7) is 3.00. The third kappa shape index (κ3) is 2.17. The second-order valence-electron chi connectivity index (χ2n) is 4.37. The predicted octanol–water partition coefficient (Wildman–Crippen LogP) is 2.37. The molecule has 1 aliphatic carbocycles. The number of nitrogens with zero attached hydrogens (tertiary/aromatic N) is 1. The van der Waals surface area contributed by atoms with Crippen LogP contribution >= 0.6 is 15.9 Å². The van der Waals surface area contributed by atoms with Crippen molar-refractivity contribution in [1.29, 1.82) is 0 Å². The third-order valence-corrected chi connectivity index (χ3v) is 4.11. The lowest BCUT2D eigenvalue weighted by Gasteiger charge is -2.15. The zero-order valence-electron chi connectivity index (χ0n) is 9.00. The molecule has 1 atom stereocenters. The average Bonchev–Trinajstić information content (AvgIpc) is 2.70. The van der Waals surface area contributed by atoms with Crippen LogP contribution in [0.25, 0.3) is 0 Å². The minimum absolute atomic E-state index is 0.156. The minimum Gasteiger partial charge on any atom is -0.312 e. The SMILES string of the molecule is CC(CBr)Cn1c2c(ccc1=O)CCC2. The number of fused-ring (bicyclic) bond motifs is 1. The van der Waals surface area contributed by atoms with Gasteiger partial charge in [0, 0.05) is 23.6 Å². The van der Waals surface area contributed by atoms with E-state index in [4.69, 9.17) is 0 Å². The van der Waals surface area contributed by atoms with Crippen LogP contribution in [0.15, 0.2) is 16.9 Å². The predicted molar refractivity (Wildman–Crippen MR) is 65.7 cm³/mol. The maximum Gasteiger partial charge on any atom is 0.250 e. The minimum atomic E-state index is 0.156. The molecule has 0 bridgehead atoms. The number of halogens is 1. The Balaban J connectivity index is 2.37. The van der Waals surface area contributed by atoms with Crippen LogP contribution in [0, 0.1) is 5.92 Å². The van der Waals surface area contributed by atoms with Gasteiger partial charge in [0.05, 0.1) is 0 Å². The van der Waals surface area contributed by atoms with E-state index in [2.05, 4.69) is 22.9 Å². The van der Waals surface area contributed by atoms with E-state index in [0.29, 0.717) is 5.92 Å². The molecule has 0 saturated heterocycles. The second kappa shape index (κ2) is 4.52. The van der Waals surface area contributed by atoms with Gasteiger partial charge in [-0.15, -0.1) is 0 Å². The molecule has 1 aliphatic rings. The van der Waals surface area contributed by atoms with Crippen molar-refractivity contribution in [3.05, 3.63) is 33.7 Å². The van der Waals surface area contributed by atoms with Crippen LogP contribution in [0.1, 0.15) is 24.6 Å². The lowest BCUT2D eigenvalue weighted by atomic mass is 10.2. The van der Waals surface area contributed by atoms with Gasteiger partial charge in [-0.25, -0.2) is 0 Å². The molecule has 0 spiro atoms. The highest BCUT2D eigenvalue weighted by atomic mass is 79.9. The normalized spacial score (nSPS) is 16.4. The van der Waals surface area contributed by atoms with E-state index in [1.54, 1.807) is 6.07 Å². The molecular weight excluding hydrogens is 254 g/mol. The summed E-state index contributed by atoms with van der Waals surface area (Å²) in [6, 6.07) is 3.71. The first-order valence-corrected chi connectivity index (χ1v) is 6.62. The lowest BCUT2D eigenvalue weighted by molar-refractivity contribution is 0.506. The molecule has 1 heterocycles. The number of alkyl halides is 1. The maximum atomic E-state index is 11.8. The molecule has 0 amide bonds. The Hall–Kier alpha value is -0.570. The molecular formula is C12H16BrNO. The fourth-order valence-electron chi connectivity index (χ4n) is 2.19. The topological polar surface area (TPSA) is 22.0 Å². The Kier molecular flexibility index (Phi) is 3.29. The summed E-state index contributed by atoms with van der Waals surface area (Å²) in [6.07, 6.45) is 3.40. The fourth-order valence-corrected chi connectivity index (χ4v) is 2.40. The van der Waals surface area contributed by atoms with Crippen LogP contribution < -0.4 is 5.56 Å². The molecule has 0 N–H and O–H groups in total. The van der Waals surface area contributed by atoms with Gasteiger partial charge in [-0.05, 0) is 30.7 Å². The van der Waals surface area contributed by atoms with E-state index >= 15 is 0 Å². The summed E-state index contributed by atoms with van der Waals surface area (Å²) in [5.41, 5.74) is 2.80. The van der Waals surface area contributed by atoms with Gasteiger partial charge < -0.3 is 4.57 Å². The Labute approximate surface area is 98.4 Å². The standard InChI is InChI=1S/C12H16BrNO/c1-9(7-13)8-14-11-4-2-3-10(11)5-6-12(14)15/h5-6,9H,2-4,7-8H2,1H3. The van der Waals surface area contributed by atoms with Gasteiger partial charge in [-0.3, -0.25) is 4.79 Å². The molecule has 2 nitrogen and oxygen atoms in total. The van der Waals surface area contributed by atoms with Gasteiger partial charge in [-0.2, -0.15) is 0 Å². The first-order chi connectivity index (χ1) is 7.22. The van der Waals surface area contributed by atoms with Crippen molar-refractivity contribution in [2.75, 3.05) is 5.33 Å². The van der Waals surface area contributed by atoms with Crippen molar-refractivity contribution < 1.29 is 0 Å². The highest BCUT2D eigenvalue weighted by Gasteiger charge is 2.16. The second-order valence-corrected chi connectivity index (χ2v) is 5.01. The zero-order valence-corrected chi connectivity index (χ0v) is 10.6. The van der Waals surface area contributed by atoms with Gasteiger partial charge in [-0.1, -0.05) is 28.9 Å². The Bertz CT molecular complexity index is 411. The van der Waals surface area contributed by atoms with Crippen LogP contribution in [0.5, 0.6) is 0 Å². The number of rotatable bonds is 3. The molecule has 82 valence electrons. The summed E-state index contributed by atoms with van der Waals surface area (Å²) >= 11 is 3.46. The summed E-state index contributed by atoms with van der Waals surface area (Å²) < 4.78 is 1.97. The average molecular weight is 270 g/mol. The van der Waals surface area contributed by atoms with E-state index in [9.17, 15) is 4.79 Å². The molecule has 3 heteroatoms. The Morgan fingerprint density at radius 3 is 3.00 bits per heavy atom. The maximum absolute atomic E-state index is 11.8. The van der Waals surface area contributed by atoms with Crippen molar-refractivity contribution in [1.82, 2.24) is 4.57 Å². The van der Waals surface area contributed by atoms with Crippen LogP contribution in [-0.4, -0.2) is 9.90 Å². The number of aryl methyl sites for hydroxylation is 1. The molecule has 2 rings (SSSR count). The van der Waals surface area contributed by atoms with Gasteiger partial charge in [0.1, 0.15) is 0 Å². The molecule has 0 radical (unpaired) electrons. The van der Waals surface area contributed by atoms with Gasteiger partial charge in [0.2, 0.25) is 0 Å². The van der Waals surface area contributed by atoms with E-state index in [0.717, 1.165) is 24.7 Å². The summed E-state index contributed by atoms with van der Waals surface area (Å²) in [7, 11) is 0. The van der Waals surface area contributed by atoms with E-state index in [1.807, 2.05) is 10.6 Å². The Morgan fingerprint density at radius 2 is 2.27 bits per heavy atom.